The van der Waals surface area contributed by atoms with Gasteiger partial charge in [-0.15, -0.1) is 0 Å². The number of carbonyl (C=O) groups is 2. The fourth-order valence-corrected chi connectivity index (χ4v) is 2.75. The number of aromatic amines is 1. The molecule has 2 N–H and O–H groups in total. The number of fused-ring (bicyclic) bond motifs is 1. The highest BCUT2D eigenvalue weighted by Crippen LogP contribution is 2.21. The summed E-state index contributed by atoms with van der Waals surface area (Å²) in [6.07, 6.45) is 3.72. The van der Waals surface area contributed by atoms with Crippen molar-refractivity contribution in [2.45, 2.75) is 38.3 Å². The first-order valence-electron chi connectivity index (χ1n) is 7.67. The number of imidazole rings is 1. The van der Waals surface area contributed by atoms with Gasteiger partial charge >= 0.3 is 12.1 Å². The standard InChI is InChI=1S/C16H19N3O4/c1-22-15(20)10-6-7-12-13(8-10)19-14(18-12)9-17-16(21)23-11-4-2-3-5-11/h6-8,11H,2-5,9H2,1H3,(H,17,21)(H,18,19). The van der Waals surface area contributed by atoms with Crippen molar-refractivity contribution in [2.24, 2.45) is 0 Å². The van der Waals surface area contributed by atoms with Gasteiger partial charge in [-0.2, -0.15) is 0 Å². The van der Waals surface area contributed by atoms with Gasteiger partial charge in [-0.3, -0.25) is 0 Å². The summed E-state index contributed by atoms with van der Waals surface area (Å²) in [4.78, 5) is 30.7. The number of benzene rings is 1. The smallest absolute Gasteiger partial charge is 0.407 e. The number of H-pyrrole nitrogens is 1. The predicted octanol–water partition coefficient (Wildman–Crippen LogP) is 2.52. The maximum Gasteiger partial charge on any atom is 0.407 e. The Morgan fingerprint density at radius 3 is 2.87 bits per heavy atom. The van der Waals surface area contributed by atoms with Crippen LogP contribution in [-0.4, -0.2) is 35.2 Å². The lowest BCUT2D eigenvalue weighted by atomic mass is 10.2. The van der Waals surface area contributed by atoms with E-state index in [1.165, 1.54) is 7.11 Å². The van der Waals surface area contributed by atoms with Gasteiger partial charge in [-0.25, -0.2) is 14.6 Å². The van der Waals surface area contributed by atoms with Crippen LogP contribution in [0.2, 0.25) is 0 Å². The number of amides is 1. The molecule has 0 bridgehead atoms. The molecule has 3 rings (SSSR count). The highest BCUT2D eigenvalue weighted by Gasteiger charge is 2.19. The Morgan fingerprint density at radius 1 is 1.35 bits per heavy atom. The monoisotopic (exact) mass is 317 g/mol. The third kappa shape index (κ3) is 3.61. The summed E-state index contributed by atoms with van der Waals surface area (Å²) in [5.41, 5.74) is 1.89. The van der Waals surface area contributed by atoms with E-state index < -0.39 is 12.1 Å². The van der Waals surface area contributed by atoms with E-state index in [-0.39, 0.29) is 12.6 Å². The molecule has 7 nitrogen and oxygen atoms in total. The van der Waals surface area contributed by atoms with Crippen LogP contribution in [0.25, 0.3) is 11.0 Å². The third-order valence-corrected chi connectivity index (χ3v) is 3.93. The van der Waals surface area contributed by atoms with E-state index in [4.69, 9.17) is 4.74 Å². The molecule has 122 valence electrons. The van der Waals surface area contributed by atoms with E-state index in [0.29, 0.717) is 16.9 Å². The van der Waals surface area contributed by atoms with Gasteiger partial charge in [0, 0.05) is 0 Å². The number of rotatable bonds is 4. The molecule has 1 fully saturated rings. The summed E-state index contributed by atoms with van der Waals surface area (Å²) in [6, 6.07) is 5.06. The number of aromatic nitrogens is 2. The fraction of sp³-hybridized carbons (Fsp3) is 0.438. The average Bonchev–Trinajstić information content (AvgIpc) is 3.20. The van der Waals surface area contributed by atoms with Crippen LogP contribution >= 0.6 is 0 Å². The molecule has 1 amide bonds. The van der Waals surface area contributed by atoms with E-state index in [1.807, 2.05) is 0 Å². The molecular weight excluding hydrogens is 298 g/mol. The van der Waals surface area contributed by atoms with E-state index in [9.17, 15) is 9.59 Å². The van der Waals surface area contributed by atoms with Crippen molar-refractivity contribution in [3.8, 4) is 0 Å². The molecule has 0 atom stereocenters. The zero-order valence-corrected chi connectivity index (χ0v) is 12.9. The van der Waals surface area contributed by atoms with E-state index in [2.05, 4.69) is 20.0 Å². The van der Waals surface area contributed by atoms with Crippen LogP contribution in [0.3, 0.4) is 0 Å². The molecule has 0 saturated heterocycles. The minimum absolute atomic E-state index is 0.0355. The maximum atomic E-state index is 11.7. The number of nitrogens with zero attached hydrogens (tertiary/aromatic N) is 1. The molecule has 7 heteroatoms. The Kier molecular flexibility index (Phi) is 4.45. The van der Waals surface area contributed by atoms with Crippen molar-refractivity contribution in [3.05, 3.63) is 29.6 Å². The molecule has 2 aromatic rings. The van der Waals surface area contributed by atoms with Crippen LogP contribution in [0.5, 0.6) is 0 Å². The lowest BCUT2D eigenvalue weighted by Gasteiger charge is -2.11. The zero-order chi connectivity index (χ0) is 16.2. The van der Waals surface area contributed by atoms with Gasteiger partial charge in [0.1, 0.15) is 11.9 Å². The largest absolute Gasteiger partial charge is 0.465 e. The van der Waals surface area contributed by atoms with Crippen molar-refractivity contribution in [1.29, 1.82) is 0 Å². The van der Waals surface area contributed by atoms with Crippen LogP contribution in [0.1, 0.15) is 41.9 Å². The summed E-state index contributed by atoms with van der Waals surface area (Å²) < 4.78 is 10.0. The van der Waals surface area contributed by atoms with Crippen LogP contribution in [0.4, 0.5) is 4.79 Å². The SMILES string of the molecule is COC(=O)c1ccc2nc(CNC(=O)OC3CCCC3)[nH]c2c1. The molecule has 0 aliphatic heterocycles. The highest BCUT2D eigenvalue weighted by atomic mass is 16.6. The number of carbonyl (C=O) groups excluding carboxylic acids is 2. The van der Waals surface area contributed by atoms with Crippen LogP contribution in [-0.2, 0) is 16.0 Å². The Bertz CT molecular complexity index is 719. The van der Waals surface area contributed by atoms with Crippen molar-refractivity contribution in [1.82, 2.24) is 15.3 Å². The summed E-state index contributed by atoms with van der Waals surface area (Å²) in [5.74, 6) is 0.201. The minimum atomic E-state index is -0.424. The molecule has 1 aromatic carbocycles. The summed E-state index contributed by atoms with van der Waals surface area (Å²) >= 11 is 0. The Balaban J connectivity index is 1.61. The van der Waals surface area contributed by atoms with Gasteiger partial charge in [0.25, 0.3) is 0 Å². The number of esters is 1. The zero-order valence-electron chi connectivity index (χ0n) is 12.9. The number of methoxy groups -OCH3 is 1. The first kappa shape index (κ1) is 15.3. The molecule has 1 aliphatic carbocycles. The number of ether oxygens (including phenoxy) is 2. The number of hydrogen-bond acceptors (Lipinski definition) is 5. The molecule has 1 aromatic heterocycles. The molecule has 1 saturated carbocycles. The van der Waals surface area contributed by atoms with Crippen molar-refractivity contribution in [2.75, 3.05) is 7.11 Å². The first-order chi connectivity index (χ1) is 11.2. The Labute approximate surface area is 133 Å². The Morgan fingerprint density at radius 2 is 2.13 bits per heavy atom. The second-order valence-corrected chi connectivity index (χ2v) is 5.57. The van der Waals surface area contributed by atoms with Gasteiger partial charge in [-0.1, -0.05) is 0 Å². The van der Waals surface area contributed by atoms with Gasteiger partial charge in [0.05, 0.1) is 30.3 Å². The summed E-state index contributed by atoms with van der Waals surface area (Å²) in [6.45, 7) is 0.244. The second-order valence-electron chi connectivity index (χ2n) is 5.57. The number of hydrogen-bond donors (Lipinski definition) is 2. The van der Waals surface area contributed by atoms with Gasteiger partial charge in [0.15, 0.2) is 0 Å². The maximum absolute atomic E-state index is 11.7. The molecule has 0 unspecified atom stereocenters. The average molecular weight is 317 g/mol. The fourth-order valence-electron chi connectivity index (χ4n) is 2.75. The highest BCUT2D eigenvalue weighted by molar-refractivity contribution is 5.93. The van der Waals surface area contributed by atoms with Gasteiger partial charge < -0.3 is 19.8 Å². The predicted molar refractivity (Wildman–Crippen MR) is 83.0 cm³/mol. The molecule has 0 radical (unpaired) electrons. The van der Waals surface area contributed by atoms with Gasteiger partial charge in [-0.05, 0) is 43.9 Å². The molecule has 0 spiro atoms. The second kappa shape index (κ2) is 6.68. The van der Waals surface area contributed by atoms with Crippen LogP contribution in [0.15, 0.2) is 18.2 Å². The summed E-state index contributed by atoms with van der Waals surface area (Å²) in [7, 11) is 1.34. The van der Waals surface area contributed by atoms with E-state index >= 15 is 0 Å². The lowest BCUT2D eigenvalue weighted by Crippen LogP contribution is -2.27. The molecule has 1 aliphatic rings. The van der Waals surface area contributed by atoms with Crippen LogP contribution < -0.4 is 5.32 Å². The van der Waals surface area contributed by atoms with E-state index in [0.717, 1.165) is 31.2 Å². The lowest BCUT2D eigenvalue weighted by molar-refractivity contribution is 0.0600. The summed E-state index contributed by atoms with van der Waals surface area (Å²) in [5, 5.41) is 2.69. The van der Waals surface area contributed by atoms with Crippen molar-refractivity contribution >= 4 is 23.1 Å². The molecular formula is C16H19N3O4. The first-order valence-corrected chi connectivity index (χ1v) is 7.67. The molecule has 1 heterocycles. The third-order valence-electron chi connectivity index (χ3n) is 3.93. The topological polar surface area (TPSA) is 93.3 Å². The quantitative estimate of drug-likeness (QED) is 0.845. The number of nitrogens with one attached hydrogen (secondary N) is 2. The van der Waals surface area contributed by atoms with Crippen molar-refractivity contribution in [3.63, 3.8) is 0 Å². The van der Waals surface area contributed by atoms with Gasteiger partial charge in [0.2, 0.25) is 0 Å². The van der Waals surface area contributed by atoms with Crippen LogP contribution in [0, 0.1) is 0 Å². The normalized spacial score (nSPS) is 14.8. The number of alkyl carbamates (subject to hydrolysis) is 1. The molecule has 23 heavy (non-hydrogen) atoms. The van der Waals surface area contributed by atoms with E-state index in [1.54, 1.807) is 18.2 Å². The van der Waals surface area contributed by atoms with Crippen molar-refractivity contribution < 1.29 is 19.1 Å². The minimum Gasteiger partial charge on any atom is -0.465 e. The Hall–Kier alpha value is -2.57.